The highest BCUT2D eigenvalue weighted by Gasteiger charge is 2.27. The second kappa shape index (κ2) is 9.45. The van der Waals surface area contributed by atoms with Crippen molar-refractivity contribution in [3.05, 3.63) is 29.8 Å². The van der Waals surface area contributed by atoms with E-state index >= 15 is 0 Å². The van der Waals surface area contributed by atoms with Crippen LogP contribution in [0, 0.1) is 5.92 Å². The molecule has 0 bridgehead atoms. The zero-order chi connectivity index (χ0) is 17.2. The summed E-state index contributed by atoms with van der Waals surface area (Å²) in [5, 5.41) is 0. The van der Waals surface area contributed by atoms with Crippen LogP contribution >= 0.6 is 0 Å². The molecule has 0 atom stereocenters. The van der Waals surface area contributed by atoms with Gasteiger partial charge in [0.15, 0.2) is 0 Å². The van der Waals surface area contributed by atoms with Crippen LogP contribution in [0.2, 0.25) is 0 Å². The zero-order valence-electron chi connectivity index (χ0n) is 13.4. The largest absolute Gasteiger partial charge is 0.497 e. The Labute approximate surface area is 134 Å². The quantitative estimate of drug-likeness (QED) is 0.528. The highest BCUT2D eigenvalue weighted by molar-refractivity contribution is 5.84. The molecular formula is C16H20O7. The predicted octanol–water partition coefficient (Wildman–Crippen LogP) is 1.48. The third-order valence-corrected chi connectivity index (χ3v) is 3.15. The Morgan fingerprint density at radius 3 is 1.87 bits per heavy atom. The Bertz CT molecular complexity index is 518. The van der Waals surface area contributed by atoms with Crippen molar-refractivity contribution in [3.8, 4) is 5.75 Å². The van der Waals surface area contributed by atoms with Crippen LogP contribution in [0.15, 0.2) is 24.3 Å². The number of hydrogen-bond donors (Lipinski definition) is 0. The third kappa shape index (κ3) is 6.37. The molecule has 0 radical (unpaired) electrons. The number of rotatable bonds is 8. The summed E-state index contributed by atoms with van der Waals surface area (Å²) in [6, 6.07) is 6.98. The van der Waals surface area contributed by atoms with Gasteiger partial charge in [-0.3, -0.25) is 14.4 Å². The smallest absolute Gasteiger partial charge is 0.310 e. The van der Waals surface area contributed by atoms with E-state index in [0.717, 1.165) is 5.56 Å². The van der Waals surface area contributed by atoms with Gasteiger partial charge in [-0.25, -0.2) is 0 Å². The monoisotopic (exact) mass is 324 g/mol. The fourth-order valence-electron chi connectivity index (χ4n) is 1.80. The summed E-state index contributed by atoms with van der Waals surface area (Å²) in [7, 11) is 3.97. The molecule has 0 aliphatic rings. The zero-order valence-corrected chi connectivity index (χ0v) is 13.4. The summed E-state index contributed by atoms with van der Waals surface area (Å²) < 4.78 is 19.2. The summed E-state index contributed by atoms with van der Waals surface area (Å²) >= 11 is 0. The molecule has 0 heterocycles. The van der Waals surface area contributed by atoms with Gasteiger partial charge in [-0.1, -0.05) is 12.1 Å². The second-order valence-corrected chi connectivity index (χ2v) is 4.71. The van der Waals surface area contributed by atoms with Gasteiger partial charge in [0.25, 0.3) is 0 Å². The summed E-state index contributed by atoms with van der Waals surface area (Å²) in [6.07, 6.45) is -0.486. The maximum absolute atomic E-state index is 12.1. The number of esters is 3. The standard InChI is InChI=1S/C16H20O7/c1-20-13-6-4-11(5-7-13)10-23-16(19)12(8-14(17)21-2)9-15(18)22-3/h4-7,12H,8-10H2,1-3H3. The second-order valence-electron chi connectivity index (χ2n) is 4.71. The molecular weight excluding hydrogens is 304 g/mol. The van der Waals surface area contributed by atoms with E-state index in [0.29, 0.717) is 5.75 Å². The lowest BCUT2D eigenvalue weighted by Gasteiger charge is -2.14. The lowest BCUT2D eigenvalue weighted by Crippen LogP contribution is -2.24. The molecule has 0 spiro atoms. The SMILES string of the molecule is COC(=O)CC(CC(=O)OC)C(=O)OCc1ccc(OC)cc1. The van der Waals surface area contributed by atoms with E-state index in [-0.39, 0.29) is 19.4 Å². The van der Waals surface area contributed by atoms with Gasteiger partial charge in [0.1, 0.15) is 12.4 Å². The van der Waals surface area contributed by atoms with Gasteiger partial charge in [0.05, 0.1) is 40.1 Å². The van der Waals surface area contributed by atoms with Gasteiger partial charge >= 0.3 is 17.9 Å². The Kier molecular flexibility index (Phi) is 7.59. The van der Waals surface area contributed by atoms with E-state index < -0.39 is 23.8 Å². The average Bonchev–Trinajstić information content (AvgIpc) is 2.59. The third-order valence-electron chi connectivity index (χ3n) is 3.15. The van der Waals surface area contributed by atoms with Crippen LogP contribution in [0.5, 0.6) is 5.75 Å². The maximum atomic E-state index is 12.1. The molecule has 0 N–H and O–H groups in total. The van der Waals surface area contributed by atoms with E-state index in [1.165, 1.54) is 14.2 Å². The molecule has 0 aromatic heterocycles. The Morgan fingerprint density at radius 2 is 1.43 bits per heavy atom. The van der Waals surface area contributed by atoms with E-state index in [2.05, 4.69) is 9.47 Å². The van der Waals surface area contributed by atoms with Crippen molar-refractivity contribution in [2.24, 2.45) is 5.92 Å². The van der Waals surface area contributed by atoms with Crippen LogP contribution in [-0.4, -0.2) is 39.2 Å². The molecule has 1 aromatic rings. The average molecular weight is 324 g/mol. The van der Waals surface area contributed by atoms with Crippen LogP contribution < -0.4 is 4.74 Å². The minimum absolute atomic E-state index is 0.0294. The molecule has 1 rings (SSSR count). The Balaban J connectivity index is 2.63. The lowest BCUT2D eigenvalue weighted by molar-refractivity contribution is -0.158. The number of hydrogen-bond acceptors (Lipinski definition) is 7. The molecule has 126 valence electrons. The molecule has 23 heavy (non-hydrogen) atoms. The van der Waals surface area contributed by atoms with Gasteiger partial charge in [0.2, 0.25) is 0 Å². The first kappa shape index (κ1) is 18.5. The molecule has 0 unspecified atom stereocenters. The minimum Gasteiger partial charge on any atom is -0.497 e. The van der Waals surface area contributed by atoms with Crippen molar-refractivity contribution in [1.29, 1.82) is 0 Å². The van der Waals surface area contributed by atoms with E-state index in [9.17, 15) is 14.4 Å². The van der Waals surface area contributed by atoms with Gasteiger partial charge in [-0.05, 0) is 17.7 Å². The lowest BCUT2D eigenvalue weighted by atomic mass is 10.0. The van der Waals surface area contributed by atoms with Crippen molar-refractivity contribution in [1.82, 2.24) is 0 Å². The Morgan fingerprint density at radius 1 is 0.913 bits per heavy atom. The van der Waals surface area contributed by atoms with Crippen LogP contribution in [-0.2, 0) is 35.2 Å². The molecule has 0 aliphatic heterocycles. The van der Waals surface area contributed by atoms with Crippen LogP contribution in [0.25, 0.3) is 0 Å². The molecule has 0 amide bonds. The van der Waals surface area contributed by atoms with Gasteiger partial charge in [-0.15, -0.1) is 0 Å². The number of methoxy groups -OCH3 is 3. The van der Waals surface area contributed by atoms with Gasteiger partial charge in [0, 0.05) is 0 Å². The fourth-order valence-corrected chi connectivity index (χ4v) is 1.80. The Hall–Kier alpha value is -2.57. The molecule has 0 saturated heterocycles. The fraction of sp³-hybridized carbons (Fsp3) is 0.438. The maximum Gasteiger partial charge on any atom is 0.310 e. The van der Waals surface area contributed by atoms with Crippen molar-refractivity contribution < 1.29 is 33.3 Å². The molecule has 7 nitrogen and oxygen atoms in total. The minimum atomic E-state index is -0.937. The first-order chi connectivity index (χ1) is 11.0. The summed E-state index contributed by atoms with van der Waals surface area (Å²) in [5.74, 6) is -2.10. The normalized spacial score (nSPS) is 10.1. The first-order valence-electron chi connectivity index (χ1n) is 6.93. The van der Waals surface area contributed by atoms with Crippen molar-refractivity contribution in [2.75, 3.05) is 21.3 Å². The van der Waals surface area contributed by atoms with Crippen molar-refractivity contribution in [3.63, 3.8) is 0 Å². The first-order valence-corrected chi connectivity index (χ1v) is 6.93. The summed E-state index contributed by atoms with van der Waals surface area (Å²) in [5.41, 5.74) is 0.758. The number of ether oxygens (including phenoxy) is 4. The van der Waals surface area contributed by atoms with Crippen molar-refractivity contribution >= 4 is 17.9 Å². The van der Waals surface area contributed by atoms with E-state index in [1.54, 1.807) is 31.4 Å². The summed E-state index contributed by atoms with van der Waals surface area (Å²) in [4.78, 5) is 34.8. The predicted molar refractivity (Wildman–Crippen MR) is 79.5 cm³/mol. The van der Waals surface area contributed by atoms with Crippen molar-refractivity contribution in [2.45, 2.75) is 19.4 Å². The van der Waals surface area contributed by atoms with E-state index in [4.69, 9.17) is 9.47 Å². The molecule has 1 aromatic carbocycles. The molecule has 0 aliphatic carbocycles. The van der Waals surface area contributed by atoms with Crippen LogP contribution in [0.3, 0.4) is 0 Å². The van der Waals surface area contributed by atoms with Crippen LogP contribution in [0.4, 0.5) is 0 Å². The molecule has 0 fully saturated rings. The number of benzene rings is 1. The van der Waals surface area contributed by atoms with Gasteiger partial charge in [-0.2, -0.15) is 0 Å². The molecule has 0 saturated carbocycles. The molecule has 7 heteroatoms. The van der Waals surface area contributed by atoms with E-state index in [1.807, 2.05) is 0 Å². The van der Waals surface area contributed by atoms with Crippen LogP contribution in [0.1, 0.15) is 18.4 Å². The number of carbonyl (C=O) groups is 3. The number of carbonyl (C=O) groups excluding carboxylic acids is 3. The highest BCUT2D eigenvalue weighted by Crippen LogP contribution is 2.16. The topological polar surface area (TPSA) is 88.1 Å². The summed E-state index contributed by atoms with van der Waals surface area (Å²) in [6.45, 7) is 0.0294. The van der Waals surface area contributed by atoms with Gasteiger partial charge < -0.3 is 18.9 Å². The highest BCUT2D eigenvalue weighted by atomic mass is 16.5.